The van der Waals surface area contributed by atoms with Crippen LogP contribution in [0.3, 0.4) is 0 Å². The predicted octanol–water partition coefficient (Wildman–Crippen LogP) is 5.63. The number of hydrogen-bond acceptors (Lipinski definition) is 5. The van der Waals surface area contributed by atoms with Gasteiger partial charge in [0.1, 0.15) is 5.75 Å². The maximum atomic E-state index is 12.5. The molecule has 0 aliphatic rings. The van der Waals surface area contributed by atoms with E-state index in [1.54, 1.807) is 66.7 Å². The molecule has 4 aromatic carbocycles. The molecule has 4 aromatic rings. The monoisotopic (exact) mass is 503 g/mol. The summed E-state index contributed by atoms with van der Waals surface area (Å²) in [6, 6.07) is 30.0. The zero-order valence-electron chi connectivity index (χ0n) is 20.6. The zero-order chi connectivity index (χ0) is 26.7. The largest absolute Gasteiger partial charge is 0.423 e. The summed E-state index contributed by atoms with van der Waals surface area (Å²) in [6.07, 6.45) is 4.41. The van der Waals surface area contributed by atoms with Crippen LogP contribution in [0.4, 0.5) is 5.69 Å². The highest BCUT2D eigenvalue weighted by Gasteiger charge is 2.09. The number of amides is 2. The molecule has 0 fully saturated rings. The first-order valence-corrected chi connectivity index (χ1v) is 11.8. The molecule has 0 atom stereocenters. The van der Waals surface area contributed by atoms with Gasteiger partial charge in [0.25, 0.3) is 11.8 Å². The SMILES string of the molecule is Cc1ccc(C(=O)Nc2ccc(C(=O)N/N=C\c3ccccc3OC(=O)/C=C/c3ccccc3)cc2)cc1. The lowest BCUT2D eigenvalue weighted by atomic mass is 10.1. The highest BCUT2D eigenvalue weighted by atomic mass is 16.5. The standard InChI is InChI=1S/C31H25N3O4/c1-22-11-14-24(15-12-22)30(36)33-27-18-16-25(17-19-27)31(37)34-32-21-26-9-5-6-10-28(26)38-29(35)20-13-23-7-3-2-4-8-23/h2-21H,1H3,(H,33,36)(H,34,37)/b20-13+,32-21-. The van der Waals surface area contributed by atoms with Crippen LogP contribution in [0.1, 0.15) is 37.4 Å². The Balaban J connectivity index is 1.32. The lowest BCUT2D eigenvalue weighted by Crippen LogP contribution is -2.18. The van der Waals surface area contributed by atoms with Crippen molar-refractivity contribution in [1.29, 1.82) is 0 Å². The number of nitrogens with zero attached hydrogens (tertiary/aromatic N) is 1. The van der Waals surface area contributed by atoms with Gasteiger partial charge in [0.05, 0.1) is 6.21 Å². The summed E-state index contributed by atoms with van der Waals surface area (Å²) in [4.78, 5) is 37.1. The number of benzene rings is 4. The Hall–Kier alpha value is -5.30. The van der Waals surface area contributed by atoms with Gasteiger partial charge >= 0.3 is 5.97 Å². The van der Waals surface area contributed by atoms with E-state index in [9.17, 15) is 14.4 Å². The quantitative estimate of drug-likeness (QED) is 0.107. The number of ether oxygens (including phenoxy) is 1. The first-order chi connectivity index (χ1) is 18.5. The third kappa shape index (κ3) is 7.35. The fraction of sp³-hybridized carbons (Fsp3) is 0.0323. The molecule has 0 unspecified atom stereocenters. The number of nitrogens with one attached hydrogen (secondary N) is 2. The number of anilines is 1. The van der Waals surface area contributed by atoms with Crippen LogP contribution in [0.25, 0.3) is 6.08 Å². The average Bonchev–Trinajstić information content (AvgIpc) is 2.94. The average molecular weight is 504 g/mol. The van der Waals surface area contributed by atoms with Crippen molar-refractivity contribution in [2.45, 2.75) is 6.92 Å². The topological polar surface area (TPSA) is 96.9 Å². The van der Waals surface area contributed by atoms with Gasteiger partial charge in [-0.3, -0.25) is 9.59 Å². The van der Waals surface area contributed by atoms with Crippen LogP contribution in [-0.2, 0) is 4.79 Å². The van der Waals surface area contributed by atoms with Crippen LogP contribution in [0.5, 0.6) is 5.75 Å². The Bertz CT molecular complexity index is 1480. The molecule has 2 N–H and O–H groups in total. The number of carbonyl (C=O) groups excluding carboxylic acids is 3. The van der Waals surface area contributed by atoms with Gasteiger partial charge < -0.3 is 10.1 Å². The van der Waals surface area contributed by atoms with Crippen molar-refractivity contribution in [2.24, 2.45) is 5.10 Å². The van der Waals surface area contributed by atoms with Crippen LogP contribution >= 0.6 is 0 Å². The van der Waals surface area contributed by atoms with Gasteiger partial charge in [-0.2, -0.15) is 5.10 Å². The van der Waals surface area contributed by atoms with Crippen molar-refractivity contribution in [3.05, 3.63) is 137 Å². The van der Waals surface area contributed by atoms with Crippen molar-refractivity contribution in [3.8, 4) is 5.75 Å². The summed E-state index contributed by atoms with van der Waals surface area (Å²) in [6.45, 7) is 1.95. The minimum absolute atomic E-state index is 0.235. The summed E-state index contributed by atoms with van der Waals surface area (Å²) in [5.41, 5.74) is 6.39. The van der Waals surface area contributed by atoms with E-state index in [4.69, 9.17) is 4.74 Å². The molecule has 0 bridgehead atoms. The Labute approximate surface area is 220 Å². The van der Waals surface area contributed by atoms with Crippen LogP contribution in [-0.4, -0.2) is 24.0 Å². The molecule has 38 heavy (non-hydrogen) atoms. The van der Waals surface area contributed by atoms with Crippen LogP contribution in [0.2, 0.25) is 0 Å². The fourth-order valence-corrected chi connectivity index (χ4v) is 3.39. The first-order valence-electron chi connectivity index (χ1n) is 11.8. The normalized spacial score (nSPS) is 10.9. The molecule has 0 heterocycles. The van der Waals surface area contributed by atoms with E-state index in [0.717, 1.165) is 11.1 Å². The maximum absolute atomic E-state index is 12.5. The summed E-state index contributed by atoms with van der Waals surface area (Å²) in [5, 5.41) is 6.80. The molecule has 188 valence electrons. The Morgan fingerprint density at radius 2 is 1.37 bits per heavy atom. The minimum Gasteiger partial charge on any atom is -0.423 e. The molecule has 0 saturated heterocycles. The van der Waals surface area contributed by atoms with Crippen molar-refractivity contribution >= 4 is 35.8 Å². The number of esters is 1. The number of hydrogen-bond donors (Lipinski definition) is 2. The molecule has 0 spiro atoms. The zero-order valence-corrected chi connectivity index (χ0v) is 20.6. The molecule has 0 aromatic heterocycles. The van der Waals surface area contributed by atoms with Crippen molar-refractivity contribution < 1.29 is 19.1 Å². The molecule has 0 radical (unpaired) electrons. The van der Waals surface area contributed by atoms with Gasteiger partial charge in [-0.25, -0.2) is 10.2 Å². The highest BCUT2D eigenvalue weighted by Crippen LogP contribution is 2.17. The Kier molecular flexibility index (Phi) is 8.55. The maximum Gasteiger partial charge on any atom is 0.336 e. The first kappa shape index (κ1) is 25.8. The lowest BCUT2D eigenvalue weighted by Gasteiger charge is -2.07. The number of para-hydroxylation sites is 1. The molecule has 7 heteroatoms. The van der Waals surface area contributed by atoms with E-state index in [1.807, 2.05) is 49.4 Å². The van der Waals surface area contributed by atoms with Gasteiger partial charge in [-0.15, -0.1) is 0 Å². The molecule has 0 aliphatic heterocycles. The molecule has 2 amide bonds. The van der Waals surface area contributed by atoms with E-state index >= 15 is 0 Å². The summed E-state index contributed by atoms with van der Waals surface area (Å²) in [7, 11) is 0. The lowest BCUT2D eigenvalue weighted by molar-refractivity contribution is -0.128. The molecule has 7 nitrogen and oxygen atoms in total. The van der Waals surface area contributed by atoms with Gasteiger partial charge in [0.2, 0.25) is 0 Å². The van der Waals surface area contributed by atoms with E-state index < -0.39 is 11.9 Å². The molecular formula is C31H25N3O4. The number of hydrazone groups is 1. The van der Waals surface area contributed by atoms with Crippen LogP contribution in [0, 0.1) is 6.92 Å². The Morgan fingerprint density at radius 1 is 0.737 bits per heavy atom. The predicted molar refractivity (Wildman–Crippen MR) is 148 cm³/mol. The second kappa shape index (κ2) is 12.6. The molecule has 0 aliphatic carbocycles. The third-order valence-electron chi connectivity index (χ3n) is 5.43. The number of carbonyl (C=O) groups is 3. The van der Waals surface area contributed by atoms with E-state index in [0.29, 0.717) is 28.1 Å². The second-order valence-electron chi connectivity index (χ2n) is 8.30. The Morgan fingerprint density at radius 3 is 2.11 bits per heavy atom. The van der Waals surface area contributed by atoms with Gasteiger partial charge in [0.15, 0.2) is 0 Å². The molecule has 0 saturated carbocycles. The number of rotatable bonds is 8. The van der Waals surface area contributed by atoms with E-state index in [1.165, 1.54) is 12.3 Å². The van der Waals surface area contributed by atoms with E-state index in [-0.39, 0.29) is 5.91 Å². The summed E-state index contributed by atoms with van der Waals surface area (Å²) < 4.78 is 5.43. The summed E-state index contributed by atoms with van der Waals surface area (Å²) in [5.74, 6) is -0.894. The van der Waals surface area contributed by atoms with E-state index in [2.05, 4.69) is 15.8 Å². The molecule has 4 rings (SSSR count). The fourth-order valence-electron chi connectivity index (χ4n) is 3.39. The van der Waals surface area contributed by atoms with Gasteiger partial charge in [-0.1, -0.05) is 60.2 Å². The second-order valence-corrected chi connectivity index (χ2v) is 8.30. The van der Waals surface area contributed by atoms with Crippen molar-refractivity contribution in [1.82, 2.24) is 5.43 Å². The minimum atomic E-state index is -0.534. The summed E-state index contributed by atoms with van der Waals surface area (Å²) >= 11 is 0. The number of aryl methyl sites for hydroxylation is 1. The third-order valence-corrected chi connectivity index (χ3v) is 5.43. The highest BCUT2D eigenvalue weighted by molar-refractivity contribution is 6.04. The van der Waals surface area contributed by atoms with Gasteiger partial charge in [0, 0.05) is 28.5 Å². The van der Waals surface area contributed by atoms with Crippen LogP contribution < -0.4 is 15.5 Å². The van der Waals surface area contributed by atoms with Crippen molar-refractivity contribution in [3.63, 3.8) is 0 Å². The molecular weight excluding hydrogens is 478 g/mol. The van der Waals surface area contributed by atoms with Crippen LogP contribution in [0.15, 0.2) is 114 Å². The smallest absolute Gasteiger partial charge is 0.336 e. The van der Waals surface area contributed by atoms with Crippen molar-refractivity contribution in [2.75, 3.05) is 5.32 Å². The van der Waals surface area contributed by atoms with Gasteiger partial charge in [-0.05, 0) is 67.1 Å².